The summed E-state index contributed by atoms with van der Waals surface area (Å²) in [6.07, 6.45) is 1.57. The molecule has 102 valence electrons. The molecule has 0 aliphatic carbocycles. The molecule has 0 spiro atoms. The van der Waals surface area contributed by atoms with Gasteiger partial charge in [0.05, 0.1) is 5.75 Å². The third-order valence-electron chi connectivity index (χ3n) is 2.27. The molecule has 0 saturated heterocycles. The molecule has 18 heavy (non-hydrogen) atoms. The lowest BCUT2D eigenvalue weighted by Crippen LogP contribution is -2.16. The van der Waals surface area contributed by atoms with Crippen molar-refractivity contribution in [2.45, 2.75) is 43.8 Å². The van der Waals surface area contributed by atoms with Crippen molar-refractivity contribution in [2.75, 3.05) is 10.5 Å². The second-order valence-electron chi connectivity index (χ2n) is 4.47. The van der Waals surface area contributed by atoms with Crippen molar-refractivity contribution in [1.29, 1.82) is 0 Å². The van der Waals surface area contributed by atoms with Crippen LogP contribution in [0.25, 0.3) is 0 Å². The Bertz CT molecular complexity index is 452. The van der Waals surface area contributed by atoms with Crippen molar-refractivity contribution in [2.24, 2.45) is 0 Å². The van der Waals surface area contributed by atoms with Crippen LogP contribution in [-0.2, 0) is 10.0 Å². The second kappa shape index (κ2) is 7.04. The topological polar surface area (TPSA) is 46.2 Å². The highest BCUT2D eigenvalue weighted by Gasteiger charge is 2.09. The minimum atomic E-state index is -3.19. The van der Waals surface area contributed by atoms with Crippen molar-refractivity contribution in [1.82, 2.24) is 0 Å². The molecule has 1 aromatic carbocycles. The van der Waals surface area contributed by atoms with Gasteiger partial charge in [-0.1, -0.05) is 27.2 Å². The van der Waals surface area contributed by atoms with Crippen LogP contribution in [0.3, 0.4) is 0 Å². The van der Waals surface area contributed by atoms with Gasteiger partial charge in [-0.3, -0.25) is 4.72 Å². The predicted molar refractivity (Wildman–Crippen MR) is 79.8 cm³/mol. The van der Waals surface area contributed by atoms with Crippen LogP contribution < -0.4 is 4.72 Å². The van der Waals surface area contributed by atoms with Gasteiger partial charge in [0, 0.05) is 15.8 Å². The molecule has 1 aromatic rings. The zero-order valence-electron chi connectivity index (χ0n) is 11.1. The molecule has 0 aliphatic rings. The summed E-state index contributed by atoms with van der Waals surface area (Å²) in [4.78, 5) is 1.15. The Balaban J connectivity index is 2.63. The van der Waals surface area contributed by atoms with Gasteiger partial charge in [-0.2, -0.15) is 0 Å². The van der Waals surface area contributed by atoms with Crippen LogP contribution in [0.15, 0.2) is 29.2 Å². The van der Waals surface area contributed by atoms with Crippen LogP contribution in [0.5, 0.6) is 0 Å². The number of nitrogens with one attached hydrogen (secondary N) is 1. The number of hydrogen-bond acceptors (Lipinski definition) is 3. The smallest absolute Gasteiger partial charge is 0.232 e. The Morgan fingerprint density at radius 3 is 2.33 bits per heavy atom. The Morgan fingerprint density at radius 1 is 1.22 bits per heavy atom. The van der Waals surface area contributed by atoms with Gasteiger partial charge in [0.25, 0.3) is 0 Å². The molecular weight excluding hydrogens is 266 g/mol. The van der Waals surface area contributed by atoms with Crippen LogP contribution in [0, 0.1) is 0 Å². The van der Waals surface area contributed by atoms with E-state index >= 15 is 0 Å². The summed E-state index contributed by atoms with van der Waals surface area (Å²) >= 11 is 1.76. The van der Waals surface area contributed by atoms with E-state index in [9.17, 15) is 8.42 Å². The lowest BCUT2D eigenvalue weighted by atomic mass is 10.3. The Kier molecular flexibility index (Phi) is 6.02. The molecule has 1 rings (SSSR count). The van der Waals surface area contributed by atoms with E-state index < -0.39 is 10.0 Å². The first-order valence-electron chi connectivity index (χ1n) is 6.20. The fraction of sp³-hybridized carbons (Fsp3) is 0.538. The normalized spacial score (nSPS) is 11.8. The number of unbranched alkanes of at least 4 members (excludes halogenated alkanes) is 1. The Morgan fingerprint density at radius 2 is 1.83 bits per heavy atom. The molecule has 3 nitrogen and oxygen atoms in total. The maximum Gasteiger partial charge on any atom is 0.232 e. The van der Waals surface area contributed by atoms with Crippen molar-refractivity contribution >= 4 is 27.5 Å². The molecule has 0 aromatic heterocycles. The highest BCUT2D eigenvalue weighted by Crippen LogP contribution is 2.24. The van der Waals surface area contributed by atoms with Gasteiger partial charge in [0.2, 0.25) is 10.0 Å². The number of sulfonamides is 1. The van der Waals surface area contributed by atoms with Crippen LogP contribution in [0.1, 0.15) is 33.6 Å². The van der Waals surface area contributed by atoms with E-state index in [0.717, 1.165) is 11.3 Å². The van der Waals surface area contributed by atoms with Gasteiger partial charge in [-0.15, -0.1) is 11.8 Å². The van der Waals surface area contributed by atoms with Crippen LogP contribution in [-0.4, -0.2) is 19.4 Å². The molecule has 0 radical (unpaired) electrons. The van der Waals surface area contributed by atoms with Crippen molar-refractivity contribution in [3.05, 3.63) is 24.3 Å². The summed E-state index contributed by atoms with van der Waals surface area (Å²) in [5, 5.41) is 0.525. The molecule has 0 bridgehead atoms. The molecule has 0 amide bonds. The largest absolute Gasteiger partial charge is 0.284 e. The third-order valence-corrected chi connectivity index (χ3v) is 4.65. The van der Waals surface area contributed by atoms with Gasteiger partial charge in [0.15, 0.2) is 0 Å². The summed E-state index contributed by atoms with van der Waals surface area (Å²) in [5.41, 5.74) is 0.638. The van der Waals surface area contributed by atoms with Gasteiger partial charge in [-0.25, -0.2) is 8.42 Å². The number of anilines is 1. The van der Waals surface area contributed by atoms with E-state index in [4.69, 9.17) is 0 Å². The number of thioether (sulfide) groups is 1. The van der Waals surface area contributed by atoms with Crippen molar-refractivity contribution in [3.8, 4) is 0 Å². The maximum atomic E-state index is 11.7. The summed E-state index contributed by atoms with van der Waals surface area (Å²) in [6.45, 7) is 6.24. The quantitative estimate of drug-likeness (QED) is 0.777. The molecular formula is C13H21NO2S2. The van der Waals surface area contributed by atoms with E-state index in [1.54, 1.807) is 11.8 Å². The number of hydrogen-bond donors (Lipinski definition) is 1. The molecule has 0 heterocycles. The average molecular weight is 287 g/mol. The molecule has 0 fully saturated rings. The summed E-state index contributed by atoms with van der Waals surface area (Å²) in [7, 11) is -3.19. The lowest BCUT2D eigenvalue weighted by Gasteiger charge is -2.09. The van der Waals surface area contributed by atoms with E-state index in [1.807, 2.05) is 31.2 Å². The Hall–Kier alpha value is -0.680. The first kappa shape index (κ1) is 15.4. The summed E-state index contributed by atoms with van der Waals surface area (Å²) in [5.74, 6) is 0.187. The van der Waals surface area contributed by atoms with Gasteiger partial charge < -0.3 is 0 Å². The standard InChI is InChI=1S/C13H21NO2S2/c1-4-5-10-18(15,16)14-12-6-8-13(9-7-12)17-11(2)3/h6-9,11,14H,4-5,10H2,1-3H3. The minimum Gasteiger partial charge on any atom is -0.284 e. The molecule has 0 aliphatic heterocycles. The van der Waals surface area contributed by atoms with Gasteiger partial charge >= 0.3 is 0 Å². The molecule has 0 atom stereocenters. The number of benzene rings is 1. The lowest BCUT2D eigenvalue weighted by molar-refractivity contribution is 0.598. The van der Waals surface area contributed by atoms with E-state index in [-0.39, 0.29) is 5.75 Å². The second-order valence-corrected chi connectivity index (χ2v) is 7.96. The summed E-state index contributed by atoms with van der Waals surface area (Å²) in [6, 6.07) is 7.52. The molecule has 0 saturated carbocycles. The van der Waals surface area contributed by atoms with E-state index in [2.05, 4.69) is 18.6 Å². The van der Waals surface area contributed by atoms with E-state index in [0.29, 0.717) is 17.4 Å². The molecule has 5 heteroatoms. The van der Waals surface area contributed by atoms with Crippen molar-refractivity contribution < 1.29 is 8.42 Å². The first-order valence-corrected chi connectivity index (χ1v) is 8.73. The zero-order valence-corrected chi connectivity index (χ0v) is 12.8. The summed E-state index contributed by atoms with van der Waals surface area (Å²) < 4.78 is 26.0. The minimum absolute atomic E-state index is 0.187. The van der Waals surface area contributed by atoms with Crippen LogP contribution in [0.2, 0.25) is 0 Å². The zero-order chi connectivity index (χ0) is 13.6. The SMILES string of the molecule is CCCCS(=O)(=O)Nc1ccc(SC(C)C)cc1. The fourth-order valence-corrected chi connectivity index (χ4v) is 3.54. The van der Waals surface area contributed by atoms with Crippen LogP contribution in [0.4, 0.5) is 5.69 Å². The highest BCUT2D eigenvalue weighted by molar-refractivity contribution is 7.99. The number of rotatable bonds is 7. The van der Waals surface area contributed by atoms with Gasteiger partial charge in [0.1, 0.15) is 0 Å². The maximum absolute atomic E-state index is 11.7. The fourth-order valence-electron chi connectivity index (χ4n) is 1.44. The monoisotopic (exact) mass is 287 g/mol. The molecule has 1 N–H and O–H groups in total. The first-order chi connectivity index (χ1) is 8.43. The average Bonchev–Trinajstić information content (AvgIpc) is 2.28. The highest BCUT2D eigenvalue weighted by atomic mass is 32.2. The Labute approximate surface area is 114 Å². The van der Waals surface area contributed by atoms with Crippen molar-refractivity contribution in [3.63, 3.8) is 0 Å². The predicted octanol–water partition coefficient (Wildman–Crippen LogP) is 3.73. The molecule has 0 unspecified atom stereocenters. The van der Waals surface area contributed by atoms with Gasteiger partial charge in [-0.05, 0) is 30.7 Å². The van der Waals surface area contributed by atoms with E-state index in [1.165, 1.54) is 0 Å². The van der Waals surface area contributed by atoms with Crippen LogP contribution >= 0.6 is 11.8 Å². The third kappa shape index (κ3) is 5.78.